The van der Waals surface area contributed by atoms with Crippen LogP contribution in [0.5, 0.6) is 11.5 Å². The summed E-state index contributed by atoms with van der Waals surface area (Å²) >= 11 is 0. The van der Waals surface area contributed by atoms with Crippen molar-refractivity contribution in [1.82, 2.24) is 0 Å². The lowest BCUT2D eigenvalue weighted by Gasteiger charge is -2.24. The molecule has 0 aliphatic carbocycles. The first-order chi connectivity index (χ1) is 12.3. The average molecular weight is 350 g/mol. The minimum absolute atomic E-state index is 0.655. The highest BCUT2D eigenvalue weighted by Gasteiger charge is 2.23. The Morgan fingerprint density at radius 1 is 0.600 bits per heavy atom. The second-order valence-electron chi connectivity index (χ2n) is 5.47. The molecule has 0 bridgehead atoms. The van der Waals surface area contributed by atoms with Gasteiger partial charge < -0.3 is 9.47 Å². The van der Waals surface area contributed by atoms with Gasteiger partial charge in [0.25, 0.3) is 0 Å². The Balaban J connectivity index is 2.19. The summed E-state index contributed by atoms with van der Waals surface area (Å²) in [5.41, 5.74) is 0. The summed E-state index contributed by atoms with van der Waals surface area (Å²) in [5, 5.41) is 3.73. The van der Waals surface area contributed by atoms with Crippen molar-refractivity contribution in [3.63, 3.8) is 0 Å². The van der Waals surface area contributed by atoms with Crippen molar-refractivity contribution >= 4 is 23.8 Å². The largest absolute Gasteiger partial charge is 0.493 e. The Hall–Kier alpha value is -2.31. The fourth-order valence-corrected chi connectivity index (χ4v) is 5.30. The molecule has 2 nitrogen and oxygen atoms in total. The van der Waals surface area contributed by atoms with Gasteiger partial charge in [0.2, 0.25) is 0 Å². The van der Waals surface area contributed by atoms with E-state index in [2.05, 4.69) is 66.7 Å². The normalized spacial score (nSPS) is 10.7. The molecular formula is C22H23O2P. The molecule has 0 radical (unpaired) electrons. The molecular weight excluding hydrogens is 327 g/mol. The Morgan fingerprint density at radius 3 is 1.52 bits per heavy atom. The van der Waals surface area contributed by atoms with Crippen LogP contribution in [0.1, 0.15) is 13.8 Å². The Labute approximate surface area is 151 Å². The van der Waals surface area contributed by atoms with Crippen molar-refractivity contribution in [3.8, 4) is 11.5 Å². The molecule has 0 N–H and O–H groups in total. The summed E-state index contributed by atoms with van der Waals surface area (Å²) in [6.07, 6.45) is 0. The van der Waals surface area contributed by atoms with Crippen molar-refractivity contribution in [2.75, 3.05) is 13.2 Å². The average Bonchev–Trinajstić information content (AvgIpc) is 2.66. The van der Waals surface area contributed by atoms with Gasteiger partial charge >= 0.3 is 0 Å². The topological polar surface area (TPSA) is 18.5 Å². The van der Waals surface area contributed by atoms with Gasteiger partial charge in [0.15, 0.2) is 0 Å². The summed E-state index contributed by atoms with van der Waals surface area (Å²) in [4.78, 5) is 0. The minimum Gasteiger partial charge on any atom is -0.493 e. The van der Waals surface area contributed by atoms with Gasteiger partial charge in [0, 0.05) is 10.6 Å². The maximum absolute atomic E-state index is 5.94. The summed E-state index contributed by atoms with van der Waals surface area (Å²) in [5.74, 6) is 1.90. The second-order valence-corrected chi connectivity index (χ2v) is 7.62. The Morgan fingerprint density at radius 2 is 1.04 bits per heavy atom. The minimum atomic E-state index is -0.761. The molecule has 128 valence electrons. The van der Waals surface area contributed by atoms with Gasteiger partial charge in [-0.25, -0.2) is 0 Å². The third kappa shape index (κ3) is 4.03. The van der Waals surface area contributed by atoms with E-state index in [1.165, 1.54) is 15.9 Å². The SMILES string of the molecule is CCOc1ccccc1P(c1ccccc1)c1ccccc1OCC. The second kappa shape index (κ2) is 8.69. The van der Waals surface area contributed by atoms with E-state index in [0.29, 0.717) is 13.2 Å². The summed E-state index contributed by atoms with van der Waals surface area (Å²) in [6, 6.07) is 27.3. The van der Waals surface area contributed by atoms with E-state index in [9.17, 15) is 0 Å². The number of benzene rings is 3. The van der Waals surface area contributed by atoms with Gasteiger partial charge in [-0.05, 0) is 39.2 Å². The van der Waals surface area contributed by atoms with Gasteiger partial charge in [-0.1, -0.05) is 66.7 Å². The number of ether oxygens (including phenoxy) is 2. The highest BCUT2D eigenvalue weighted by atomic mass is 31.1. The predicted molar refractivity (Wildman–Crippen MR) is 107 cm³/mol. The van der Waals surface area contributed by atoms with Crippen LogP contribution in [-0.4, -0.2) is 13.2 Å². The van der Waals surface area contributed by atoms with E-state index in [1.807, 2.05) is 26.0 Å². The zero-order valence-electron chi connectivity index (χ0n) is 14.7. The Kier molecular flexibility index (Phi) is 6.09. The van der Waals surface area contributed by atoms with Gasteiger partial charge in [-0.3, -0.25) is 0 Å². The number of hydrogen-bond acceptors (Lipinski definition) is 2. The molecule has 0 aromatic heterocycles. The van der Waals surface area contributed by atoms with Crippen LogP contribution in [0, 0.1) is 0 Å². The van der Waals surface area contributed by atoms with E-state index in [4.69, 9.17) is 9.47 Å². The molecule has 0 unspecified atom stereocenters. The zero-order valence-corrected chi connectivity index (χ0v) is 15.6. The molecule has 0 fully saturated rings. The van der Waals surface area contributed by atoms with Gasteiger partial charge in [0.1, 0.15) is 11.5 Å². The number of para-hydroxylation sites is 2. The first kappa shape index (κ1) is 17.5. The predicted octanol–water partition coefficient (Wildman–Crippen LogP) is 4.24. The third-order valence-corrected chi connectivity index (χ3v) is 6.34. The molecule has 3 aromatic carbocycles. The summed E-state index contributed by atoms with van der Waals surface area (Å²) in [6.45, 7) is 5.36. The molecule has 3 rings (SSSR count). The van der Waals surface area contributed by atoms with Crippen LogP contribution in [0.3, 0.4) is 0 Å². The quantitative estimate of drug-likeness (QED) is 0.593. The molecule has 25 heavy (non-hydrogen) atoms. The first-order valence-electron chi connectivity index (χ1n) is 8.64. The van der Waals surface area contributed by atoms with Crippen LogP contribution in [0.15, 0.2) is 78.9 Å². The molecule has 3 heteroatoms. The van der Waals surface area contributed by atoms with E-state index in [1.54, 1.807) is 0 Å². The van der Waals surface area contributed by atoms with E-state index in [-0.39, 0.29) is 0 Å². The van der Waals surface area contributed by atoms with Crippen LogP contribution >= 0.6 is 7.92 Å². The lowest BCUT2D eigenvalue weighted by atomic mass is 10.3. The first-order valence-corrected chi connectivity index (χ1v) is 9.98. The highest BCUT2D eigenvalue weighted by molar-refractivity contribution is 7.80. The fourth-order valence-electron chi connectivity index (χ4n) is 2.82. The molecule has 0 heterocycles. The molecule has 0 amide bonds. The lowest BCUT2D eigenvalue weighted by molar-refractivity contribution is 0.342. The van der Waals surface area contributed by atoms with Crippen LogP contribution in [-0.2, 0) is 0 Å². The zero-order chi connectivity index (χ0) is 17.5. The van der Waals surface area contributed by atoms with E-state index in [0.717, 1.165) is 11.5 Å². The van der Waals surface area contributed by atoms with Crippen LogP contribution < -0.4 is 25.4 Å². The highest BCUT2D eigenvalue weighted by Crippen LogP contribution is 2.39. The molecule has 0 aliphatic heterocycles. The van der Waals surface area contributed by atoms with Crippen LogP contribution in [0.25, 0.3) is 0 Å². The monoisotopic (exact) mass is 350 g/mol. The van der Waals surface area contributed by atoms with Crippen LogP contribution in [0.4, 0.5) is 0 Å². The molecule has 0 saturated heterocycles. The maximum atomic E-state index is 5.94. The maximum Gasteiger partial charge on any atom is 0.127 e. The number of hydrogen-bond donors (Lipinski definition) is 0. The smallest absolute Gasteiger partial charge is 0.127 e. The lowest BCUT2D eigenvalue weighted by Crippen LogP contribution is -2.23. The van der Waals surface area contributed by atoms with E-state index >= 15 is 0 Å². The molecule has 0 spiro atoms. The molecule has 0 atom stereocenters. The van der Waals surface area contributed by atoms with Gasteiger partial charge in [0.05, 0.1) is 13.2 Å². The standard InChI is InChI=1S/C22H23O2P/c1-3-23-19-14-8-10-16-21(19)25(18-12-6-5-7-13-18)22-17-11-9-15-20(22)24-4-2/h5-17H,3-4H2,1-2H3. The van der Waals surface area contributed by atoms with Gasteiger partial charge in [-0.2, -0.15) is 0 Å². The molecule has 0 saturated carbocycles. The molecule has 0 aliphatic rings. The molecule has 3 aromatic rings. The van der Waals surface area contributed by atoms with Crippen molar-refractivity contribution < 1.29 is 9.47 Å². The fraction of sp³-hybridized carbons (Fsp3) is 0.182. The number of rotatable bonds is 7. The van der Waals surface area contributed by atoms with Crippen molar-refractivity contribution in [3.05, 3.63) is 78.9 Å². The summed E-state index contributed by atoms with van der Waals surface area (Å²) in [7, 11) is -0.761. The van der Waals surface area contributed by atoms with E-state index < -0.39 is 7.92 Å². The Bertz CT molecular complexity index is 752. The summed E-state index contributed by atoms with van der Waals surface area (Å²) < 4.78 is 11.9. The van der Waals surface area contributed by atoms with Crippen LogP contribution in [0.2, 0.25) is 0 Å². The van der Waals surface area contributed by atoms with Crippen molar-refractivity contribution in [1.29, 1.82) is 0 Å². The van der Waals surface area contributed by atoms with Gasteiger partial charge in [-0.15, -0.1) is 0 Å². The van der Waals surface area contributed by atoms with Crippen molar-refractivity contribution in [2.45, 2.75) is 13.8 Å². The third-order valence-electron chi connectivity index (χ3n) is 3.83. The van der Waals surface area contributed by atoms with Crippen molar-refractivity contribution in [2.24, 2.45) is 0 Å².